The van der Waals surface area contributed by atoms with E-state index in [1.54, 1.807) is 37.4 Å². The highest BCUT2D eigenvalue weighted by molar-refractivity contribution is 8.22. The number of phenolic OH excluding ortho intramolecular Hbond substituents is 1. The van der Waals surface area contributed by atoms with Gasteiger partial charge in [0.1, 0.15) is 16.4 Å². The molecule has 0 amide bonds. The zero-order chi connectivity index (χ0) is 17.0. The van der Waals surface area contributed by atoms with Gasteiger partial charge in [-0.3, -0.25) is 0 Å². The summed E-state index contributed by atoms with van der Waals surface area (Å²) in [5, 5.41) is 10.2. The molecule has 0 fully saturated rings. The van der Waals surface area contributed by atoms with E-state index in [4.69, 9.17) is 9.29 Å². The van der Waals surface area contributed by atoms with Crippen LogP contribution in [0.3, 0.4) is 0 Å². The van der Waals surface area contributed by atoms with Crippen LogP contribution in [0.25, 0.3) is 11.1 Å². The Bertz CT molecular complexity index is 688. The average Bonchev–Trinajstić information content (AvgIpc) is 2.53. The van der Waals surface area contributed by atoms with E-state index in [2.05, 4.69) is 4.72 Å². The Hall–Kier alpha value is -1.73. The molecule has 0 aliphatic heterocycles. The van der Waals surface area contributed by atoms with Crippen LogP contribution >= 0.6 is 10.8 Å². The third-order valence-corrected chi connectivity index (χ3v) is 5.15. The zero-order valence-electron chi connectivity index (χ0n) is 13.6. The molecular weight excluding hydrogens is 314 g/mol. The molecule has 0 bridgehead atoms. The van der Waals surface area contributed by atoms with Crippen LogP contribution in [-0.2, 0) is 0 Å². The van der Waals surface area contributed by atoms with Crippen molar-refractivity contribution in [1.29, 1.82) is 0 Å². The molecule has 1 atom stereocenters. The molecule has 5 N–H and O–H groups in total. The Balaban J connectivity index is 2.45. The molecule has 0 aromatic heterocycles. The summed E-state index contributed by atoms with van der Waals surface area (Å²) in [6.45, 7) is 4.46. The van der Waals surface area contributed by atoms with Gasteiger partial charge in [0.2, 0.25) is 0 Å². The van der Waals surface area contributed by atoms with Crippen molar-refractivity contribution >= 4 is 10.8 Å². The number of ether oxygens (including phenoxy) is 1. The summed E-state index contributed by atoms with van der Waals surface area (Å²) in [6.07, 6.45) is 0.848. The molecule has 6 heteroatoms. The molecule has 2 aromatic rings. The Kier molecular flexibility index (Phi) is 5.54. The molecular formula is C17H24NO4S+. The molecule has 2 rings (SSSR count). The Morgan fingerprint density at radius 1 is 1.26 bits per heavy atom. The predicted octanol–water partition coefficient (Wildman–Crippen LogP) is 3.57. The number of phenols is 1. The van der Waals surface area contributed by atoms with Crippen LogP contribution in [0.1, 0.15) is 18.9 Å². The number of aromatic hydroxyl groups is 1. The van der Waals surface area contributed by atoms with Crippen molar-refractivity contribution in [2.24, 2.45) is 0 Å². The van der Waals surface area contributed by atoms with Crippen molar-refractivity contribution in [2.45, 2.75) is 25.2 Å². The molecule has 126 valence electrons. The van der Waals surface area contributed by atoms with E-state index in [0.29, 0.717) is 22.8 Å². The van der Waals surface area contributed by atoms with Gasteiger partial charge >= 0.3 is 0 Å². The maximum atomic E-state index is 10.3. The van der Waals surface area contributed by atoms with Crippen molar-refractivity contribution in [3.05, 3.63) is 42.0 Å². The van der Waals surface area contributed by atoms with Gasteiger partial charge in [-0.2, -0.15) is 4.72 Å². The van der Waals surface area contributed by atoms with Crippen molar-refractivity contribution in [3.63, 3.8) is 0 Å². The molecule has 0 aliphatic carbocycles. The normalized spacial score (nSPS) is 15.0. The third kappa shape index (κ3) is 3.79. The molecule has 5 nitrogen and oxygen atoms in total. The maximum Gasteiger partial charge on any atom is 0.130 e. The van der Waals surface area contributed by atoms with Gasteiger partial charge in [0.15, 0.2) is 0 Å². The standard InChI is InChI=1S/C17H23NO4S/c1-4-10-18-23(20,21)13-8-9-14(12(2)11-13)17-15(19)6-5-7-16(17)22-3/h5-9,11,18-21H,4,10H2,1-3H3/p+1. The molecule has 0 spiro atoms. The molecule has 0 aliphatic rings. The summed E-state index contributed by atoms with van der Waals surface area (Å²) in [5.74, 6) is 0.719. The maximum absolute atomic E-state index is 10.3. The van der Waals surface area contributed by atoms with E-state index in [9.17, 15) is 9.66 Å². The summed E-state index contributed by atoms with van der Waals surface area (Å²) >= 11 is 0. The second-order valence-corrected chi connectivity index (χ2v) is 7.23. The first-order valence-electron chi connectivity index (χ1n) is 7.42. The fraction of sp³-hybridized carbons (Fsp3) is 0.294. The fourth-order valence-electron chi connectivity index (χ4n) is 2.39. The molecule has 0 saturated carbocycles. The number of methoxy groups -OCH3 is 1. The quantitative estimate of drug-likeness (QED) is 0.703. The fourth-order valence-corrected chi connectivity index (χ4v) is 3.67. The number of benzene rings is 2. The molecule has 0 saturated heterocycles. The smallest absolute Gasteiger partial charge is 0.130 e. The molecule has 1 unspecified atom stereocenters. The van der Waals surface area contributed by atoms with Gasteiger partial charge in [-0.15, -0.1) is 0 Å². The Morgan fingerprint density at radius 3 is 2.61 bits per heavy atom. The topological polar surface area (TPSA) is 84.6 Å². The van der Waals surface area contributed by atoms with Gasteiger partial charge < -0.3 is 14.4 Å². The SMILES string of the molecule is CCCNS(O)([OH2+])c1ccc(-c2c(O)cccc2OC)c(C)c1. The summed E-state index contributed by atoms with van der Waals surface area (Å²) in [6, 6.07) is 10.4. The molecule has 0 radical (unpaired) electrons. The zero-order valence-corrected chi connectivity index (χ0v) is 14.4. The van der Waals surface area contributed by atoms with E-state index in [0.717, 1.165) is 17.5 Å². The number of aryl methyl sites for hydroxylation is 1. The first-order valence-corrected chi connectivity index (χ1v) is 9.01. The second kappa shape index (κ2) is 7.23. The minimum Gasteiger partial charge on any atom is -0.507 e. The molecule has 2 aromatic carbocycles. The van der Waals surface area contributed by atoms with Crippen LogP contribution in [0.2, 0.25) is 0 Å². The predicted molar refractivity (Wildman–Crippen MR) is 95.2 cm³/mol. The van der Waals surface area contributed by atoms with Crippen LogP contribution < -0.4 is 9.46 Å². The summed E-state index contributed by atoms with van der Waals surface area (Å²) < 4.78 is 26.6. The van der Waals surface area contributed by atoms with Crippen LogP contribution in [0.15, 0.2) is 41.3 Å². The van der Waals surface area contributed by atoms with E-state index in [1.165, 1.54) is 0 Å². The van der Waals surface area contributed by atoms with Gasteiger partial charge in [0, 0.05) is 6.54 Å². The van der Waals surface area contributed by atoms with Crippen LogP contribution in [0, 0.1) is 6.92 Å². The lowest BCUT2D eigenvalue weighted by molar-refractivity contribution is 0.410. The van der Waals surface area contributed by atoms with Crippen molar-refractivity contribution in [2.75, 3.05) is 13.7 Å². The monoisotopic (exact) mass is 338 g/mol. The van der Waals surface area contributed by atoms with Gasteiger partial charge in [0.25, 0.3) is 0 Å². The second-order valence-electron chi connectivity index (χ2n) is 5.31. The van der Waals surface area contributed by atoms with E-state index in [1.807, 2.05) is 19.9 Å². The average molecular weight is 338 g/mol. The highest BCUT2D eigenvalue weighted by Gasteiger charge is 2.21. The highest BCUT2D eigenvalue weighted by Crippen LogP contribution is 2.46. The van der Waals surface area contributed by atoms with E-state index >= 15 is 0 Å². The first-order chi connectivity index (χ1) is 10.9. The number of nitrogens with one attached hydrogen (secondary N) is 1. The Morgan fingerprint density at radius 2 is 2.00 bits per heavy atom. The van der Waals surface area contributed by atoms with Crippen LogP contribution in [0.4, 0.5) is 0 Å². The van der Waals surface area contributed by atoms with Crippen molar-refractivity contribution in [1.82, 2.24) is 4.72 Å². The van der Waals surface area contributed by atoms with Gasteiger partial charge in [-0.05, 0) is 59.5 Å². The molecule has 23 heavy (non-hydrogen) atoms. The lowest BCUT2D eigenvalue weighted by Crippen LogP contribution is -2.20. The highest BCUT2D eigenvalue weighted by atomic mass is 32.3. The lowest BCUT2D eigenvalue weighted by Gasteiger charge is -2.29. The number of hydrogen-bond donors (Lipinski definition) is 3. The summed E-state index contributed by atoms with van der Waals surface area (Å²) in [4.78, 5) is 0.543. The molecule has 0 heterocycles. The minimum absolute atomic E-state index is 0.137. The third-order valence-electron chi connectivity index (χ3n) is 3.59. The van der Waals surface area contributed by atoms with Gasteiger partial charge in [0.05, 0.1) is 12.7 Å². The summed E-state index contributed by atoms with van der Waals surface area (Å²) in [5.41, 5.74) is 2.29. The van der Waals surface area contributed by atoms with Gasteiger partial charge in [-0.25, -0.2) is 4.55 Å². The van der Waals surface area contributed by atoms with E-state index in [-0.39, 0.29) is 5.75 Å². The first kappa shape index (κ1) is 17.6. The van der Waals surface area contributed by atoms with Gasteiger partial charge in [-0.1, -0.05) is 19.1 Å². The lowest BCUT2D eigenvalue weighted by atomic mass is 9.99. The van der Waals surface area contributed by atoms with E-state index < -0.39 is 10.8 Å². The number of rotatable bonds is 6. The largest absolute Gasteiger partial charge is 0.507 e. The van der Waals surface area contributed by atoms with Crippen molar-refractivity contribution < 1.29 is 18.9 Å². The number of hydrogen-bond acceptors (Lipinski definition) is 4. The summed E-state index contributed by atoms with van der Waals surface area (Å²) in [7, 11) is -1.20. The van der Waals surface area contributed by atoms with Crippen LogP contribution in [-0.4, -0.2) is 27.9 Å². The van der Waals surface area contributed by atoms with Crippen LogP contribution in [0.5, 0.6) is 11.5 Å². The van der Waals surface area contributed by atoms with Crippen molar-refractivity contribution in [3.8, 4) is 22.6 Å². The Labute approximate surface area is 138 Å². The minimum atomic E-state index is -2.76.